The molecule has 0 N–H and O–H groups in total. The molecule has 1 amide bonds. The summed E-state index contributed by atoms with van der Waals surface area (Å²) in [5, 5.41) is 0. The molecule has 1 unspecified atom stereocenters. The maximum absolute atomic E-state index is 12.1. The molecule has 96 valence electrons. The van der Waals surface area contributed by atoms with E-state index in [9.17, 15) is 4.79 Å². The lowest BCUT2D eigenvalue weighted by Crippen LogP contribution is -2.24. The topological polar surface area (TPSA) is 46.3 Å². The van der Waals surface area contributed by atoms with Crippen LogP contribution < -0.4 is 4.90 Å². The number of hydrogen-bond donors (Lipinski definition) is 0. The first kappa shape index (κ1) is 11.7. The van der Waals surface area contributed by atoms with Crippen molar-refractivity contribution in [1.82, 2.24) is 4.98 Å². The van der Waals surface area contributed by atoms with Crippen LogP contribution in [0.25, 0.3) is 11.3 Å². The van der Waals surface area contributed by atoms with E-state index in [-0.39, 0.29) is 11.8 Å². The minimum absolute atomic E-state index is 0.122. The molecule has 0 spiro atoms. The highest BCUT2D eigenvalue weighted by Gasteiger charge is 2.30. The van der Waals surface area contributed by atoms with Crippen molar-refractivity contribution in [2.45, 2.75) is 6.42 Å². The fourth-order valence-corrected chi connectivity index (χ4v) is 2.39. The Bertz CT molecular complexity index is 604. The molecular weight excluding hydrogens is 240 g/mol. The molecule has 2 heterocycles. The lowest BCUT2D eigenvalue weighted by atomic mass is 10.1. The molecule has 2 aromatic rings. The summed E-state index contributed by atoms with van der Waals surface area (Å²) < 4.78 is 5.34. The third-order valence-electron chi connectivity index (χ3n) is 3.38. The van der Waals surface area contributed by atoms with Crippen molar-refractivity contribution in [3.63, 3.8) is 0 Å². The summed E-state index contributed by atoms with van der Waals surface area (Å²) in [5.74, 6) is 1.01. The van der Waals surface area contributed by atoms with Gasteiger partial charge in [0.2, 0.25) is 5.91 Å². The number of rotatable bonds is 3. The Labute approximate surface area is 111 Å². The molecule has 19 heavy (non-hydrogen) atoms. The Morgan fingerprint density at radius 2 is 2.26 bits per heavy atom. The summed E-state index contributed by atoms with van der Waals surface area (Å²) in [6.45, 7) is 4.44. The standard InChI is InChI=1S/C15H14N2O2/c1-2-11-7-15(18)17(9-11)13-6-4-3-5-12(13)14-8-16-10-19-14/h2-6,8,10-11H,1,7,9H2. The molecule has 3 rings (SSSR count). The highest BCUT2D eigenvalue weighted by Crippen LogP contribution is 2.34. The number of anilines is 1. The van der Waals surface area contributed by atoms with Crippen LogP contribution in [0.2, 0.25) is 0 Å². The van der Waals surface area contributed by atoms with E-state index in [1.165, 1.54) is 6.39 Å². The van der Waals surface area contributed by atoms with Crippen molar-refractivity contribution >= 4 is 11.6 Å². The molecule has 4 heteroatoms. The van der Waals surface area contributed by atoms with Crippen LogP contribution in [0.4, 0.5) is 5.69 Å². The highest BCUT2D eigenvalue weighted by molar-refractivity contribution is 5.99. The SMILES string of the molecule is C=CC1CC(=O)N(c2ccccc2-c2cnco2)C1. The van der Waals surface area contributed by atoms with Crippen molar-refractivity contribution < 1.29 is 9.21 Å². The van der Waals surface area contributed by atoms with Gasteiger partial charge in [-0.2, -0.15) is 0 Å². The summed E-state index contributed by atoms with van der Waals surface area (Å²) in [5.41, 5.74) is 1.76. The molecule has 1 aliphatic rings. The molecule has 0 radical (unpaired) electrons. The van der Waals surface area contributed by atoms with E-state index in [1.807, 2.05) is 30.3 Å². The van der Waals surface area contributed by atoms with Crippen LogP contribution >= 0.6 is 0 Å². The molecule has 0 bridgehead atoms. The third kappa shape index (κ3) is 2.05. The first-order chi connectivity index (χ1) is 9.29. The van der Waals surface area contributed by atoms with Crippen LogP contribution in [0.15, 0.2) is 53.9 Å². The molecule has 1 atom stereocenters. The van der Waals surface area contributed by atoms with Gasteiger partial charge in [-0.05, 0) is 12.1 Å². The van der Waals surface area contributed by atoms with Gasteiger partial charge in [-0.15, -0.1) is 6.58 Å². The molecule has 1 saturated heterocycles. The second kappa shape index (κ2) is 4.72. The highest BCUT2D eigenvalue weighted by atomic mass is 16.3. The van der Waals surface area contributed by atoms with Gasteiger partial charge in [-0.3, -0.25) is 4.79 Å². The first-order valence-electron chi connectivity index (χ1n) is 6.20. The van der Waals surface area contributed by atoms with Gasteiger partial charge in [0.25, 0.3) is 0 Å². The second-order valence-electron chi connectivity index (χ2n) is 4.59. The van der Waals surface area contributed by atoms with Crippen molar-refractivity contribution in [3.8, 4) is 11.3 Å². The number of hydrogen-bond acceptors (Lipinski definition) is 3. The van der Waals surface area contributed by atoms with E-state index >= 15 is 0 Å². The number of carbonyl (C=O) groups is 1. The normalized spacial score (nSPS) is 18.8. The predicted octanol–water partition coefficient (Wildman–Crippen LogP) is 2.88. The minimum Gasteiger partial charge on any atom is -0.443 e. The first-order valence-corrected chi connectivity index (χ1v) is 6.20. The van der Waals surface area contributed by atoms with Crippen LogP contribution in [0.5, 0.6) is 0 Å². The molecule has 1 aromatic carbocycles. The molecule has 1 aliphatic heterocycles. The smallest absolute Gasteiger partial charge is 0.227 e. The molecule has 4 nitrogen and oxygen atoms in total. The van der Waals surface area contributed by atoms with E-state index in [2.05, 4.69) is 11.6 Å². The van der Waals surface area contributed by atoms with Crippen LogP contribution in [0.1, 0.15) is 6.42 Å². The van der Waals surface area contributed by atoms with E-state index < -0.39 is 0 Å². The van der Waals surface area contributed by atoms with Gasteiger partial charge in [0, 0.05) is 24.4 Å². The summed E-state index contributed by atoms with van der Waals surface area (Å²) in [7, 11) is 0. The predicted molar refractivity (Wildman–Crippen MR) is 72.6 cm³/mol. The van der Waals surface area contributed by atoms with Gasteiger partial charge >= 0.3 is 0 Å². The van der Waals surface area contributed by atoms with E-state index in [0.717, 1.165) is 11.3 Å². The Morgan fingerprint density at radius 3 is 2.95 bits per heavy atom. The zero-order valence-electron chi connectivity index (χ0n) is 10.5. The van der Waals surface area contributed by atoms with Gasteiger partial charge in [0.05, 0.1) is 11.9 Å². The zero-order valence-corrected chi connectivity index (χ0v) is 10.5. The van der Waals surface area contributed by atoms with E-state index in [1.54, 1.807) is 11.1 Å². The number of benzene rings is 1. The fraction of sp³-hybridized carbons (Fsp3) is 0.200. The zero-order chi connectivity index (χ0) is 13.2. The molecule has 1 fully saturated rings. The average molecular weight is 254 g/mol. The number of carbonyl (C=O) groups excluding carboxylic acids is 1. The van der Waals surface area contributed by atoms with E-state index in [4.69, 9.17) is 4.42 Å². The molecule has 0 aliphatic carbocycles. The van der Waals surface area contributed by atoms with Gasteiger partial charge in [0.1, 0.15) is 0 Å². The Kier molecular flexibility index (Phi) is 2.91. The summed E-state index contributed by atoms with van der Waals surface area (Å²) in [6.07, 6.45) is 5.41. The number of amides is 1. The largest absolute Gasteiger partial charge is 0.443 e. The number of aromatic nitrogens is 1. The number of para-hydroxylation sites is 1. The number of nitrogens with zero attached hydrogens (tertiary/aromatic N) is 2. The Hall–Kier alpha value is -2.36. The van der Waals surface area contributed by atoms with Crippen molar-refractivity contribution in [2.24, 2.45) is 5.92 Å². The van der Waals surface area contributed by atoms with Crippen LogP contribution in [0.3, 0.4) is 0 Å². The molecule has 0 saturated carbocycles. The van der Waals surface area contributed by atoms with Crippen LogP contribution in [-0.4, -0.2) is 17.4 Å². The van der Waals surface area contributed by atoms with Crippen molar-refractivity contribution in [2.75, 3.05) is 11.4 Å². The fourth-order valence-electron chi connectivity index (χ4n) is 2.39. The Balaban J connectivity index is 2.02. The van der Waals surface area contributed by atoms with Gasteiger partial charge in [0.15, 0.2) is 12.2 Å². The lowest BCUT2D eigenvalue weighted by Gasteiger charge is -2.19. The molecular formula is C15H14N2O2. The summed E-state index contributed by atoms with van der Waals surface area (Å²) in [6, 6.07) is 7.71. The summed E-state index contributed by atoms with van der Waals surface area (Å²) >= 11 is 0. The van der Waals surface area contributed by atoms with Gasteiger partial charge in [-0.25, -0.2) is 4.98 Å². The third-order valence-corrected chi connectivity index (χ3v) is 3.38. The average Bonchev–Trinajstić information content (AvgIpc) is 3.08. The van der Waals surface area contributed by atoms with Gasteiger partial charge < -0.3 is 9.32 Å². The van der Waals surface area contributed by atoms with E-state index in [0.29, 0.717) is 18.7 Å². The van der Waals surface area contributed by atoms with Crippen LogP contribution in [0, 0.1) is 5.92 Å². The summed E-state index contributed by atoms with van der Waals surface area (Å²) in [4.78, 5) is 17.8. The van der Waals surface area contributed by atoms with Gasteiger partial charge in [-0.1, -0.05) is 18.2 Å². The Morgan fingerprint density at radius 1 is 1.42 bits per heavy atom. The lowest BCUT2D eigenvalue weighted by molar-refractivity contribution is -0.117. The monoisotopic (exact) mass is 254 g/mol. The van der Waals surface area contributed by atoms with Crippen molar-refractivity contribution in [1.29, 1.82) is 0 Å². The quantitative estimate of drug-likeness (QED) is 0.791. The maximum Gasteiger partial charge on any atom is 0.227 e. The molecule has 1 aromatic heterocycles. The second-order valence-corrected chi connectivity index (χ2v) is 4.59. The maximum atomic E-state index is 12.1. The minimum atomic E-state index is 0.122. The van der Waals surface area contributed by atoms with Crippen LogP contribution in [-0.2, 0) is 4.79 Å². The van der Waals surface area contributed by atoms with Crippen molar-refractivity contribution in [3.05, 3.63) is 49.5 Å². The number of oxazole rings is 1.